The summed E-state index contributed by atoms with van der Waals surface area (Å²) in [6.07, 6.45) is 5.06. The molecular weight excluding hydrogens is 522 g/mol. The summed E-state index contributed by atoms with van der Waals surface area (Å²) in [7, 11) is 1.62. The molecule has 0 saturated carbocycles. The van der Waals surface area contributed by atoms with E-state index in [9.17, 15) is 14.4 Å². The second-order valence-corrected chi connectivity index (χ2v) is 10.9. The predicted molar refractivity (Wildman–Crippen MR) is 152 cm³/mol. The van der Waals surface area contributed by atoms with E-state index in [0.29, 0.717) is 65.2 Å². The number of thiocarbonyl (C=S) groups is 1. The quantitative estimate of drug-likeness (QED) is 0.354. The number of thioether (sulfide) groups is 1. The molecule has 2 amide bonds. The van der Waals surface area contributed by atoms with Crippen molar-refractivity contribution < 1.29 is 14.3 Å². The van der Waals surface area contributed by atoms with E-state index in [-0.39, 0.29) is 23.3 Å². The normalized spacial score (nSPS) is 17.6. The Morgan fingerprint density at radius 3 is 2.61 bits per heavy atom. The van der Waals surface area contributed by atoms with Crippen molar-refractivity contribution in [3.8, 4) is 5.75 Å². The number of nitrogens with two attached hydrogens (primary N) is 1. The minimum Gasteiger partial charge on any atom is -0.497 e. The molecule has 38 heavy (non-hydrogen) atoms. The maximum absolute atomic E-state index is 13.6. The number of rotatable bonds is 7. The summed E-state index contributed by atoms with van der Waals surface area (Å²) in [5, 5.41) is 0. The average Bonchev–Trinajstić information content (AvgIpc) is 3.20. The lowest BCUT2D eigenvalue weighted by molar-refractivity contribution is -0.123. The fourth-order valence-electron chi connectivity index (χ4n) is 4.69. The number of carbonyl (C=O) groups excluding carboxylic acids is 2. The smallest absolute Gasteiger partial charge is 0.267 e. The van der Waals surface area contributed by atoms with E-state index < -0.39 is 0 Å². The first kappa shape index (κ1) is 25.9. The molecule has 2 fully saturated rings. The predicted octanol–water partition coefficient (Wildman–Crippen LogP) is 2.85. The second kappa shape index (κ2) is 11.0. The first-order valence-electron chi connectivity index (χ1n) is 12.3. The molecule has 0 atom stereocenters. The molecule has 2 N–H and O–H groups in total. The number of hydrogen-bond donors (Lipinski definition) is 1. The molecule has 0 radical (unpaired) electrons. The van der Waals surface area contributed by atoms with E-state index in [2.05, 4.69) is 0 Å². The minimum absolute atomic E-state index is 0.196. The molecule has 9 nitrogen and oxygen atoms in total. The van der Waals surface area contributed by atoms with Gasteiger partial charge in [-0.3, -0.25) is 23.7 Å². The number of piperidine rings is 1. The molecule has 11 heteroatoms. The van der Waals surface area contributed by atoms with Crippen molar-refractivity contribution in [2.45, 2.75) is 19.3 Å². The summed E-state index contributed by atoms with van der Waals surface area (Å²) in [4.78, 5) is 47.3. The molecule has 5 rings (SSSR count). The van der Waals surface area contributed by atoms with Crippen LogP contribution in [-0.2, 0) is 16.0 Å². The van der Waals surface area contributed by atoms with E-state index in [1.54, 1.807) is 36.4 Å². The van der Waals surface area contributed by atoms with Gasteiger partial charge in [0, 0.05) is 31.7 Å². The number of aromatic nitrogens is 2. The highest BCUT2D eigenvalue weighted by molar-refractivity contribution is 8.26. The molecule has 196 valence electrons. The van der Waals surface area contributed by atoms with Gasteiger partial charge < -0.3 is 15.4 Å². The van der Waals surface area contributed by atoms with Crippen molar-refractivity contribution in [2.24, 2.45) is 11.7 Å². The summed E-state index contributed by atoms with van der Waals surface area (Å²) >= 11 is 6.71. The van der Waals surface area contributed by atoms with Crippen LogP contribution in [0, 0.1) is 5.92 Å². The van der Waals surface area contributed by atoms with Crippen molar-refractivity contribution >= 4 is 57.7 Å². The van der Waals surface area contributed by atoms with Gasteiger partial charge in [0.1, 0.15) is 21.5 Å². The second-order valence-electron chi connectivity index (χ2n) is 9.18. The molecule has 2 aliphatic rings. The van der Waals surface area contributed by atoms with Gasteiger partial charge in [0.15, 0.2) is 0 Å². The SMILES string of the molecule is COc1ccc(CCN2C(=O)C(=Cc3c(N4CCC(C(N)=O)CC4)nc4ccccn4c3=O)SC2=S)cc1. The fraction of sp³-hybridized carbons (Fsp3) is 0.296. The van der Waals surface area contributed by atoms with Crippen molar-refractivity contribution in [2.75, 3.05) is 31.6 Å². The van der Waals surface area contributed by atoms with Crippen LogP contribution >= 0.6 is 24.0 Å². The Bertz CT molecular complexity index is 1490. The highest BCUT2D eigenvalue weighted by Crippen LogP contribution is 2.34. The number of pyridine rings is 1. The molecule has 0 aliphatic carbocycles. The Morgan fingerprint density at radius 2 is 1.92 bits per heavy atom. The third kappa shape index (κ3) is 5.16. The molecule has 3 aromatic rings. The Hall–Kier alpha value is -3.70. The lowest BCUT2D eigenvalue weighted by atomic mass is 9.96. The van der Waals surface area contributed by atoms with Crippen LogP contribution in [0.1, 0.15) is 24.0 Å². The zero-order valence-corrected chi connectivity index (χ0v) is 22.5. The zero-order valence-electron chi connectivity index (χ0n) is 20.8. The molecule has 0 spiro atoms. The number of fused-ring (bicyclic) bond motifs is 1. The number of carbonyl (C=O) groups is 2. The molecule has 2 saturated heterocycles. The van der Waals surface area contributed by atoms with E-state index in [1.165, 1.54) is 16.2 Å². The number of methoxy groups -OCH3 is 1. The molecule has 2 aromatic heterocycles. The summed E-state index contributed by atoms with van der Waals surface area (Å²) in [6, 6.07) is 13.0. The van der Waals surface area contributed by atoms with Crippen LogP contribution in [0.25, 0.3) is 11.7 Å². The van der Waals surface area contributed by atoms with E-state index in [0.717, 1.165) is 11.3 Å². The van der Waals surface area contributed by atoms with Gasteiger partial charge in [-0.15, -0.1) is 0 Å². The number of hydrogen-bond acceptors (Lipinski definition) is 8. The van der Waals surface area contributed by atoms with Gasteiger partial charge in [-0.25, -0.2) is 4.98 Å². The largest absolute Gasteiger partial charge is 0.497 e. The summed E-state index contributed by atoms with van der Waals surface area (Å²) in [5.74, 6) is 0.525. The Balaban J connectivity index is 1.44. The van der Waals surface area contributed by atoms with E-state index in [1.807, 2.05) is 35.2 Å². The fourth-order valence-corrected chi connectivity index (χ4v) is 5.98. The van der Waals surface area contributed by atoms with Crippen molar-refractivity contribution in [1.82, 2.24) is 14.3 Å². The highest BCUT2D eigenvalue weighted by Gasteiger charge is 2.33. The van der Waals surface area contributed by atoms with Gasteiger partial charge in [0.25, 0.3) is 11.5 Å². The topological polar surface area (TPSA) is 110 Å². The van der Waals surface area contributed by atoms with Crippen molar-refractivity contribution in [3.05, 3.63) is 75.0 Å². The summed E-state index contributed by atoms with van der Waals surface area (Å²) in [6.45, 7) is 1.50. The number of benzene rings is 1. The zero-order chi connectivity index (χ0) is 26.8. The number of ether oxygens (including phenoxy) is 1. The maximum atomic E-state index is 13.6. The molecule has 2 aliphatic heterocycles. The van der Waals surface area contributed by atoms with Gasteiger partial charge in [0.05, 0.1) is 17.6 Å². The monoisotopic (exact) mass is 549 g/mol. The number of primary amides is 1. The Labute approximate surface area is 229 Å². The minimum atomic E-state index is -0.310. The highest BCUT2D eigenvalue weighted by atomic mass is 32.2. The first-order chi connectivity index (χ1) is 18.4. The Morgan fingerprint density at radius 1 is 1.18 bits per heavy atom. The standard InChI is InChI=1S/C27H27N5O4S2/c1-36-19-7-5-17(6-8-19)9-15-32-26(35)21(38-27(32)37)16-20-24(30-13-10-18(11-14-30)23(28)33)29-22-4-2-3-12-31(22)25(20)34/h2-8,12,16,18H,9-11,13-15H2,1H3,(H2,28,33). The molecule has 4 heterocycles. The Kier molecular flexibility index (Phi) is 7.48. The van der Waals surface area contributed by atoms with Crippen LogP contribution < -0.4 is 20.9 Å². The van der Waals surface area contributed by atoms with Gasteiger partial charge >= 0.3 is 0 Å². The van der Waals surface area contributed by atoms with Crippen LogP contribution in [0.5, 0.6) is 5.75 Å². The van der Waals surface area contributed by atoms with Crippen molar-refractivity contribution in [3.63, 3.8) is 0 Å². The van der Waals surface area contributed by atoms with Gasteiger partial charge in [-0.1, -0.05) is 42.2 Å². The van der Waals surface area contributed by atoms with Crippen LogP contribution in [0.4, 0.5) is 5.82 Å². The number of nitrogens with zero attached hydrogens (tertiary/aromatic N) is 4. The van der Waals surface area contributed by atoms with Gasteiger partial charge in [-0.2, -0.15) is 0 Å². The van der Waals surface area contributed by atoms with Gasteiger partial charge in [0.2, 0.25) is 5.91 Å². The summed E-state index contributed by atoms with van der Waals surface area (Å²) < 4.78 is 7.12. The molecular formula is C27H27N5O4S2. The first-order valence-corrected chi connectivity index (χ1v) is 13.5. The van der Waals surface area contributed by atoms with E-state index in [4.69, 9.17) is 27.7 Å². The van der Waals surface area contributed by atoms with Crippen LogP contribution in [-0.4, -0.2) is 57.2 Å². The lowest BCUT2D eigenvalue weighted by Crippen LogP contribution is -2.40. The van der Waals surface area contributed by atoms with Crippen LogP contribution in [0.3, 0.4) is 0 Å². The molecule has 0 bridgehead atoms. The number of amides is 2. The van der Waals surface area contributed by atoms with Crippen molar-refractivity contribution in [1.29, 1.82) is 0 Å². The van der Waals surface area contributed by atoms with Crippen LogP contribution in [0.2, 0.25) is 0 Å². The lowest BCUT2D eigenvalue weighted by Gasteiger charge is -2.32. The third-order valence-corrected chi connectivity index (χ3v) is 8.26. The molecule has 1 aromatic carbocycles. The molecule has 0 unspecified atom stereocenters. The van der Waals surface area contributed by atoms with Gasteiger partial charge in [-0.05, 0) is 55.2 Å². The van der Waals surface area contributed by atoms with Crippen LogP contribution in [0.15, 0.2) is 58.4 Å². The summed E-state index contributed by atoms with van der Waals surface area (Å²) in [5.41, 5.74) is 7.12. The average molecular weight is 550 g/mol. The maximum Gasteiger partial charge on any atom is 0.267 e. The third-order valence-electron chi connectivity index (χ3n) is 6.88. The van der Waals surface area contributed by atoms with E-state index >= 15 is 0 Å². The number of anilines is 1.